The van der Waals surface area contributed by atoms with Crippen molar-refractivity contribution in [2.75, 3.05) is 12.3 Å². The average Bonchev–Trinajstić information content (AvgIpc) is 2.87. The Bertz CT molecular complexity index is 646. The van der Waals surface area contributed by atoms with E-state index >= 15 is 0 Å². The Morgan fingerprint density at radius 2 is 1.95 bits per heavy atom. The summed E-state index contributed by atoms with van der Waals surface area (Å²) in [7, 11) is 0. The summed E-state index contributed by atoms with van der Waals surface area (Å²) >= 11 is 1.49. The second kappa shape index (κ2) is 4.48. The van der Waals surface area contributed by atoms with Crippen LogP contribution in [-0.2, 0) is 10.2 Å². The predicted molar refractivity (Wildman–Crippen MR) is 80.7 cm³/mol. The zero-order valence-corrected chi connectivity index (χ0v) is 12.7. The maximum atomic E-state index is 12.8. The van der Waals surface area contributed by atoms with Gasteiger partial charge >= 0.3 is 0 Å². The molecule has 0 bridgehead atoms. The topological polar surface area (TPSA) is 37.4 Å². The van der Waals surface area contributed by atoms with Crippen LogP contribution in [-0.4, -0.2) is 28.9 Å². The maximum absolute atomic E-state index is 12.8. The molecule has 1 aliphatic carbocycles. The van der Waals surface area contributed by atoms with Gasteiger partial charge in [0.05, 0.1) is 10.8 Å². The van der Waals surface area contributed by atoms with Crippen molar-refractivity contribution in [3.05, 3.63) is 46.0 Å². The van der Waals surface area contributed by atoms with Crippen molar-refractivity contribution in [3.63, 3.8) is 0 Å². The lowest BCUT2D eigenvalue weighted by Crippen LogP contribution is -2.28. The number of hydrogen-bond donors (Lipinski definition) is 0. The number of rotatable bonds is 1. The van der Waals surface area contributed by atoms with Crippen molar-refractivity contribution in [2.24, 2.45) is 0 Å². The first-order chi connectivity index (χ1) is 9.48. The first-order valence-corrected chi connectivity index (χ1v) is 7.79. The second-order valence-corrected chi connectivity index (χ2v) is 6.57. The van der Waals surface area contributed by atoms with E-state index in [1.165, 1.54) is 11.8 Å². The smallest absolute Gasteiger partial charge is 0.237 e. The minimum Gasteiger partial charge on any atom is -0.306 e. The van der Waals surface area contributed by atoms with E-state index in [9.17, 15) is 9.59 Å². The van der Waals surface area contributed by atoms with Crippen LogP contribution in [0.2, 0.25) is 0 Å². The molecule has 0 aromatic heterocycles. The standard InChI is InChI=1S/C16H17NO2S/c1-4-17-12(18)9-20-15(17)13-14(19)10-7-5-6-8-11(10)16(13,2)3/h5-8H,4,9H2,1-3H3. The molecule has 20 heavy (non-hydrogen) atoms. The number of benzene rings is 1. The van der Waals surface area contributed by atoms with E-state index in [0.717, 1.165) is 21.7 Å². The number of amides is 1. The fraction of sp³-hybridized carbons (Fsp3) is 0.375. The molecule has 104 valence electrons. The quantitative estimate of drug-likeness (QED) is 0.745. The molecule has 0 radical (unpaired) electrons. The minimum atomic E-state index is -0.339. The number of hydrogen-bond acceptors (Lipinski definition) is 3. The fourth-order valence-corrected chi connectivity index (χ4v) is 4.36. The molecular formula is C16H17NO2S. The maximum Gasteiger partial charge on any atom is 0.237 e. The van der Waals surface area contributed by atoms with Gasteiger partial charge in [0, 0.05) is 23.1 Å². The van der Waals surface area contributed by atoms with Gasteiger partial charge in [-0.25, -0.2) is 0 Å². The van der Waals surface area contributed by atoms with Gasteiger partial charge in [0.25, 0.3) is 0 Å². The first-order valence-electron chi connectivity index (χ1n) is 6.80. The molecule has 0 N–H and O–H groups in total. The summed E-state index contributed by atoms with van der Waals surface area (Å²) in [6.07, 6.45) is 0. The van der Waals surface area contributed by atoms with E-state index in [4.69, 9.17) is 0 Å². The first kappa shape index (κ1) is 13.4. The van der Waals surface area contributed by atoms with Crippen molar-refractivity contribution in [1.82, 2.24) is 4.90 Å². The van der Waals surface area contributed by atoms with E-state index < -0.39 is 0 Å². The molecule has 1 amide bonds. The molecule has 4 heteroatoms. The van der Waals surface area contributed by atoms with E-state index in [1.54, 1.807) is 4.90 Å². The number of Topliss-reactive ketones (excluding diaryl/α,β-unsaturated/α-hetero) is 1. The normalized spacial score (nSPS) is 24.4. The lowest BCUT2D eigenvalue weighted by Gasteiger charge is -2.25. The molecule has 0 atom stereocenters. The SMILES string of the molecule is CCN1C(=O)CSC1=C1C(=O)c2ccccc2C1(C)C. The third-order valence-electron chi connectivity index (χ3n) is 4.11. The van der Waals surface area contributed by atoms with E-state index in [1.807, 2.05) is 31.2 Å². The Morgan fingerprint density at radius 1 is 1.25 bits per heavy atom. The van der Waals surface area contributed by atoms with E-state index in [0.29, 0.717) is 12.3 Å². The molecule has 3 rings (SSSR count). The molecule has 1 aromatic rings. The molecule has 0 saturated carbocycles. The summed E-state index contributed by atoms with van der Waals surface area (Å²) in [6.45, 7) is 6.70. The Kier molecular flexibility index (Phi) is 3.01. The number of nitrogens with zero attached hydrogens (tertiary/aromatic N) is 1. The van der Waals surface area contributed by atoms with Crippen molar-refractivity contribution in [3.8, 4) is 0 Å². The minimum absolute atomic E-state index is 0.0706. The van der Waals surface area contributed by atoms with Gasteiger partial charge in [-0.2, -0.15) is 0 Å². The number of ketones is 1. The number of carbonyl (C=O) groups is 2. The third kappa shape index (κ3) is 1.67. The van der Waals surface area contributed by atoms with Crippen LogP contribution >= 0.6 is 11.8 Å². The van der Waals surface area contributed by atoms with Gasteiger partial charge in [-0.15, -0.1) is 0 Å². The van der Waals surface area contributed by atoms with E-state index in [2.05, 4.69) is 13.8 Å². The van der Waals surface area contributed by atoms with Crippen LogP contribution in [0, 0.1) is 0 Å². The number of thioether (sulfide) groups is 1. The third-order valence-corrected chi connectivity index (χ3v) is 5.19. The van der Waals surface area contributed by atoms with Gasteiger partial charge in [-0.05, 0) is 12.5 Å². The molecule has 1 saturated heterocycles. The summed E-state index contributed by atoms with van der Waals surface area (Å²) in [5.41, 5.74) is 2.27. The van der Waals surface area contributed by atoms with Crippen LogP contribution in [0.5, 0.6) is 0 Å². The van der Waals surface area contributed by atoms with Crippen LogP contribution < -0.4 is 0 Å². The van der Waals surface area contributed by atoms with Crippen molar-refractivity contribution >= 4 is 23.5 Å². The van der Waals surface area contributed by atoms with Gasteiger partial charge in [0.15, 0.2) is 5.78 Å². The van der Waals surface area contributed by atoms with Crippen molar-refractivity contribution in [2.45, 2.75) is 26.2 Å². The van der Waals surface area contributed by atoms with Gasteiger partial charge in [0.2, 0.25) is 5.91 Å². The molecule has 1 heterocycles. The van der Waals surface area contributed by atoms with Crippen LogP contribution in [0.25, 0.3) is 0 Å². The summed E-state index contributed by atoms with van der Waals surface area (Å²) in [4.78, 5) is 26.4. The second-order valence-electron chi connectivity index (χ2n) is 5.61. The highest BCUT2D eigenvalue weighted by molar-refractivity contribution is 8.04. The van der Waals surface area contributed by atoms with Crippen LogP contribution in [0.15, 0.2) is 34.9 Å². The largest absolute Gasteiger partial charge is 0.306 e. The van der Waals surface area contributed by atoms with Gasteiger partial charge < -0.3 is 4.90 Å². The summed E-state index contributed by atoms with van der Waals surface area (Å²) in [5.74, 6) is 0.604. The molecule has 3 nitrogen and oxygen atoms in total. The predicted octanol–water partition coefficient (Wildman–Crippen LogP) is 2.97. The number of carbonyl (C=O) groups excluding carboxylic acids is 2. The average molecular weight is 287 g/mol. The summed E-state index contributed by atoms with van der Waals surface area (Å²) < 4.78 is 0. The molecule has 2 aliphatic rings. The van der Waals surface area contributed by atoms with Crippen molar-refractivity contribution < 1.29 is 9.59 Å². The Labute approximate surface area is 123 Å². The molecule has 1 aromatic carbocycles. The highest BCUT2D eigenvalue weighted by Gasteiger charge is 2.45. The van der Waals surface area contributed by atoms with Crippen LogP contribution in [0.3, 0.4) is 0 Å². The Hall–Kier alpha value is -1.55. The number of fused-ring (bicyclic) bond motifs is 1. The van der Waals surface area contributed by atoms with Crippen LogP contribution in [0.4, 0.5) is 0 Å². The van der Waals surface area contributed by atoms with Crippen molar-refractivity contribution in [1.29, 1.82) is 0 Å². The van der Waals surface area contributed by atoms with Gasteiger partial charge in [0.1, 0.15) is 0 Å². The highest BCUT2D eigenvalue weighted by Crippen LogP contribution is 2.47. The summed E-state index contributed by atoms with van der Waals surface area (Å²) in [6, 6.07) is 7.75. The lowest BCUT2D eigenvalue weighted by atomic mass is 9.83. The monoisotopic (exact) mass is 287 g/mol. The zero-order chi connectivity index (χ0) is 14.5. The van der Waals surface area contributed by atoms with Crippen LogP contribution in [0.1, 0.15) is 36.7 Å². The molecule has 1 fully saturated rings. The zero-order valence-electron chi connectivity index (χ0n) is 11.9. The fourth-order valence-electron chi connectivity index (χ4n) is 3.07. The highest BCUT2D eigenvalue weighted by atomic mass is 32.2. The van der Waals surface area contributed by atoms with E-state index in [-0.39, 0.29) is 17.1 Å². The Balaban J connectivity index is 2.22. The molecule has 0 unspecified atom stereocenters. The van der Waals surface area contributed by atoms with Gasteiger partial charge in [-0.3, -0.25) is 9.59 Å². The molecule has 1 aliphatic heterocycles. The van der Waals surface area contributed by atoms with Gasteiger partial charge in [-0.1, -0.05) is 49.9 Å². The summed E-state index contributed by atoms with van der Waals surface area (Å²) in [5, 5.41) is 0.851. The molecule has 0 spiro atoms. The lowest BCUT2D eigenvalue weighted by molar-refractivity contribution is -0.125. The Morgan fingerprint density at radius 3 is 2.60 bits per heavy atom. The molecular weight excluding hydrogens is 270 g/mol. The number of allylic oxidation sites excluding steroid dienone is 1.